The maximum atomic E-state index is 11.7. The molecule has 5 heteroatoms. The van der Waals surface area contributed by atoms with Crippen LogP contribution in [0.2, 0.25) is 0 Å². The monoisotopic (exact) mass is 262 g/mol. The molecule has 0 atom stereocenters. The maximum Gasteiger partial charge on any atom is 0.317 e. The highest BCUT2D eigenvalue weighted by atomic mass is 32.1. The number of ether oxygens (including phenoxy) is 1. The van der Waals surface area contributed by atoms with Gasteiger partial charge >= 0.3 is 5.97 Å². The maximum absolute atomic E-state index is 11.7. The molecule has 0 amide bonds. The Morgan fingerprint density at radius 3 is 2.61 bits per heavy atom. The average Bonchev–Trinajstić information content (AvgIpc) is 2.89. The predicted octanol–water partition coefficient (Wildman–Crippen LogP) is 2.66. The summed E-state index contributed by atoms with van der Waals surface area (Å²) in [7, 11) is 1.39. The van der Waals surface area contributed by atoms with Gasteiger partial charge in [0.25, 0.3) is 0 Å². The Morgan fingerprint density at radius 1 is 1.33 bits per heavy atom. The van der Waals surface area contributed by atoms with E-state index >= 15 is 0 Å². The predicted molar refractivity (Wildman–Crippen MR) is 70.4 cm³/mol. The lowest BCUT2D eigenvalue weighted by Gasteiger charge is -2.18. The highest BCUT2D eigenvalue weighted by molar-refractivity contribution is 7.13. The van der Waals surface area contributed by atoms with Gasteiger partial charge in [0.1, 0.15) is 10.4 Å². The summed E-state index contributed by atoms with van der Waals surface area (Å²) in [5.74, 6) is -0.283. The molecule has 0 radical (unpaired) electrons. The van der Waals surface area contributed by atoms with Crippen LogP contribution in [0.5, 0.6) is 0 Å². The zero-order chi connectivity index (χ0) is 13.2. The first-order chi connectivity index (χ1) is 8.55. The van der Waals surface area contributed by atoms with Crippen molar-refractivity contribution in [2.75, 3.05) is 7.11 Å². The van der Waals surface area contributed by atoms with E-state index in [-0.39, 0.29) is 5.97 Å². The summed E-state index contributed by atoms with van der Waals surface area (Å²) < 4.78 is 4.80. The quantitative estimate of drug-likeness (QED) is 0.798. The van der Waals surface area contributed by atoms with Crippen molar-refractivity contribution in [3.63, 3.8) is 0 Å². The van der Waals surface area contributed by atoms with E-state index in [2.05, 4.69) is 9.97 Å². The van der Waals surface area contributed by atoms with E-state index in [0.29, 0.717) is 0 Å². The fourth-order valence-corrected chi connectivity index (χ4v) is 2.54. The van der Waals surface area contributed by atoms with Crippen LogP contribution in [0.25, 0.3) is 10.6 Å². The standard InChI is InChI=1S/C13H14N2O2S/c1-13(2,12(16)17-3)10-8-18-11(15-10)9-4-6-14-7-5-9/h4-8H,1-3H3. The van der Waals surface area contributed by atoms with Crippen LogP contribution in [-0.2, 0) is 14.9 Å². The molecule has 0 fully saturated rings. The SMILES string of the molecule is COC(=O)C(C)(C)c1csc(-c2ccncc2)n1. The number of pyridine rings is 1. The molecule has 0 aliphatic heterocycles. The molecule has 0 bridgehead atoms. The highest BCUT2D eigenvalue weighted by Gasteiger charge is 2.33. The largest absolute Gasteiger partial charge is 0.468 e. The van der Waals surface area contributed by atoms with Crippen LogP contribution in [0.4, 0.5) is 0 Å². The summed E-state index contributed by atoms with van der Waals surface area (Å²) in [5, 5.41) is 2.77. The van der Waals surface area contributed by atoms with Crippen LogP contribution in [0.1, 0.15) is 19.5 Å². The minimum atomic E-state index is -0.726. The van der Waals surface area contributed by atoms with E-state index in [1.54, 1.807) is 12.4 Å². The number of hydrogen-bond donors (Lipinski definition) is 0. The summed E-state index contributed by atoms with van der Waals surface area (Å²) in [6, 6.07) is 3.79. The first-order valence-corrected chi connectivity index (χ1v) is 6.38. The average molecular weight is 262 g/mol. The van der Waals surface area contributed by atoms with Gasteiger partial charge < -0.3 is 4.74 Å². The third kappa shape index (κ3) is 2.26. The van der Waals surface area contributed by atoms with Gasteiger partial charge in [-0.3, -0.25) is 9.78 Å². The normalized spacial score (nSPS) is 11.3. The number of carbonyl (C=O) groups excluding carboxylic acids is 1. The molecule has 0 N–H and O–H groups in total. The molecule has 4 nitrogen and oxygen atoms in total. The van der Waals surface area contributed by atoms with E-state index in [0.717, 1.165) is 16.3 Å². The van der Waals surface area contributed by atoms with Gasteiger partial charge in [-0.2, -0.15) is 0 Å². The number of hydrogen-bond acceptors (Lipinski definition) is 5. The van der Waals surface area contributed by atoms with E-state index in [4.69, 9.17) is 4.74 Å². The number of aromatic nitrogens is 2. The zero-order valence-corrected chi connectivity index (χ0v) is 11.3. The van der Waals surface area contributed by atoms with Gasteiger partial charge in [0.05, 0.1) is 12.8 Å². The topological polar surface area (TPSA) is 52.1 Å². The Bertz CT molecular complexity index is 549. The zero-order valence-electron chi connectivity index (χ0n) is 10.5. The number of rotatable bonds is 3. The Labute approximate surface area is 110 Å². The van der Waals surface area contributed by atoms with Crippen LogP contribution in [0.3, 0.4) is 0 Å². The minimum absolute atomic E-state index is 0.283. The van der Waals surface area contributed by atoms with Crippen molar-refractivity contribution < 1.29 is 9.53 Å². The molecule has 18 heavy (non-hydrogen) atoms. The van der Waals surface area contributed by atoms with Crippen molar-refractivity contribution in [2.45, 2.75) is 19.3 Å². The van der Waals surface area contributed by atoms with E-state index in [1.807, 2.05) is 31.4 Å². The molecule has 0 aromatic carbocycles. The van der Waals surface area contributed by atoms with Gasteiger partial charge in [0.15, 0.2) is 0 Å². The smallest absolute Gasteiger partial charge is 0.317 e. The highest BCUT2D eigenvalue weighted by Crippen LogP contribution is 2.30. The van der Waals surface area contributed by atoms with Crippen LogP contribution in [0.15, 0.2) is 29.9 Å². The first kappa shape index (κ1) is 12.7. The van der Waals surface area contributed by atoms with Gasteiger partial charge in [-0.05, 0) is 26.0 Å². The molecule has 94 valence electrons. The minimum Gasteiger partial charge on any atom is -0.468 e. The molecule has 0 unspecified atom stereocenters. The lowest BCUT2D eigenvalue weighted by molar-refractivity contribution is -0.146. The molecule has 0 aliphatic carbocycles. The second kappa shape index (κ2) is 4.86. The fourth-order valence-electron chi connectivity index (χ4n) is 1.55. The van der Waals surface area contributed by atoms with Gasteiger partial charge in [-0.15, -0.1) is 11.3 Å². The van der Waals surface area contributed by atoms with Crippen LogP contribution >= 0.6 is 11.3 Å². The Morgan fingerprint density at radius 2 is 2.00 bits per heavy atom. The number of nitrogens with zero attached hydrogens (tertiary/aromatic N) is 2. The van der Waals surface area contributed by atoms with Crippen molar-refractivity contribution in [3.05, 3.63) is 35.6 Å². The van der Waals surface area contributed by atoms with Crippen molar-refractivity contribution >= 4 is 17.3 Å². The molecule has 2 heterocycles. The first-order valence-electron chi connectivity index (χ1n) is 5.50. The van der Waals surface area contributed by atoms with Crippen molar-refractivity contribution in [1.82, 2.24) is 9.97 Å². The van der Waals surface area contributed by atoms with Crippen LogP contribution < -0.4 is 0 Å². The lowest BCUT2D eigenvalue weighted by atomic mass is 9.90. The van der Waals surface area contributed by atoms with Gasteiger partial charge in [0, 0.05) is 23.3 Å². The second-order valence-corrected chi connectivity index (χ2v) is 5.25. The number of esters is 1. The van der Waals surface area contributed by atoms with E-state index in [1.165, 1.54) is 18.4 Å². The molecule has 2 aromatic heterocycles. The van der Waals surface area contributed by atoms with Crippen LogP contribution in [-0.4, -0.2) is 23.0 Å². The molecule has 2 rings (SSSR count). The molecule has 0 saturated carbocycles. The molecule has 0 spiro atoms. The van der Waals surface area contributed by atoms with Gasteiger partial charge in [-0.25, -0.2) is 4.98 Å². The van der Waals surface area contributed by atoms with Crippen LogP contribution in [0, 0.1) is 0 Å². The van der Waals surface area contributed by atoms with Crippen molar-refractivity contribution in [2.24, 2.45) is 0 Å². The molecule has 0 aliphatic rings. The number of methoxy groups -OCH3 is 1. The van der Waals surface area contributed by atoms with Gasteiger partial charge in [0.2, 0.25) is 0 Å². The molecule has 2 aromatic rings. The third-order valence-electron chi connectivity index (χ3n) is 2.77. The van der Waals surface area contributed by atoms with Crippen molar-refractivity contribution in [1.29, 1.82) is 0 Å². The summed E-state index contributed by atoms with van der Waals surface area (Å²) in [4.78, 5) is 20.2. The Hall–Kier alpha value is -1.75. The Kier molecular flexibility index (Phi) is 3.43. The second-order valence-electron chi connectivity index (χ2n) is 4.39. The fraction of sp³-hybridized carbons (Fsp3) is 0.308. The van der Waals surface area contributed by atoms with Crippen molar-refractivity contribution in [3.8, 4) is 10.6 Å². The molecular weight excluding hydrogens is 248 g/mol. The molecular formula is C13H14N2O2S. The van der Waals surface area contributed by atoms with Gasteiger partial charge in [-0.1, -0.05) is 0 Å². The van der Waals surface area contributed by atoms with E-state index in [9.17, 15) is 4.79 Å². The van der Waals surface area contributed by atoms with E-state index < -0.39 is 5.41 Å². The summed E-state index contributed by atoms with van der Waals surface area (Å²) in [6.07, 6.45) is 3.45. The summed E-state index contributed by atoms with van der Waals surface area (Å²) in [6.45, 7) is 3.62. The summed E-state index contributed by atoms with van der Waals surface area (Å²) in [5.41, 5.74) is 1.00. The Balaban J connectivity index is 2.34. The third-order valence-corrected chi connectivity index (χ3v) is 3.66. The molecule has 0 saturated heterocycles. The lowest BCUT2D eigenvalue weighted by Crippen LogP contribution is -2.30. The number of carbonyl (C=O) groups is 1. The number of thiazole rings is 1. The summed E-state index contributed by atoms with van der Waals surface area (Å²) >= 11 is 1.51.